The molecule has 4 heteroatoms. The monoisotopic (exact) mass is 187 g/mol. The smallest absolute Gasteiger partial charge is 0.308 e. The third-order valence-electron chi connectivity index (χ3n) is 1.93. The van der Waals surface area contributed by atoms with E-state index in [0.29, 0.717) is 13.0 Å². The molecule has 0 bridgehead atoms. The SMILES string of the molecule is CCOC(=O)CC1CNCC(C)O1. The lowest BCUT2D eigenvalue weighted by Crippen LogP contribution is -2.44. The van der Waals surface area contributed by atoms with Crippen molar-refractivity contribution in [1.82, 2.24) is 5.32 Å². The van der Waals surface area contributed by atoms with Crippen LogP contribution in [0.25, 0.3) is 0 Å². The number of rotatable bonds is 3. The van der Waals surface area contributed by atoms with Gasteiger partial charge in [0.15, 0.2) is 0 Å². The lowest BCUT2D eigenvalue weighted by atomic mass is 10.2. The van der Waals surface area contributed by atoms with Gasteiger partial charge in [0.25, 0.3) is 0 Å². The molecule has 2 unspecified atom stereocenters. The van der Waals surface area contributed by atoms with Crippen molar-refractivity contribution >= 4 is 5.97 Å². The molecule has 13 heavy (non-hydrogen) atoms. The number of hydrogen-bond donors (Lipinski definition) is 1. The number of esters is 1. The van der Waals surface area contributed by atoms with Crippen molar-refractivity contribution in [2.24, 2.45) is 0 Å². The van der Waals surface area contributed by atoms with Crippen LogP contribution < -0.4 is 5.32 Å². The second-order valence-electron chi connectivity index (χ2n) is 3.24. The average Bonchev–Trinajstić information content (AvgIpc) is 2.04. The van der Waals surface area contributed by atoms with Crippen LogP contribution in [0.15, 0.2) is 0 Å². The van der Waals surface area contributed by atoms with Gasteiger partial charge in [0.1, 0.15) is 0 Å². The van der Waals surface area contributed by atoms with Gasteiger partial charge in [-0.25, -0.2) is 0 Å². The number of ether oxygens (including phenoxy) is 2. The van der Waals surface area contributed by atoms with Gasteiger partial charge >= 0.3 is 5.97 Å². The number of carbonyl (C=O) groups excluding carboxylic acids is 1. The van der Waals surface area contributed by atoms with E-state index in [9.17, 15) is 4.79 Å². The highest BCUT2D eigenvalue weighted by Gasteiger charge is 2.21. The largest absolute Gasteiger partial charge is 0.466 e. The first-order chi connectivity index (χ1) is 6.22. The molecular formula is C9H17NO3. The van der Waals surface area contributed by atoms with Gasteiger partial charge in [0, 0.05) is 13.1 Å². The Morgan fingerprint density at radius 1 is 1.62 bits per heavy atom. The summed E-state index contributed by atoms with van der Waals surface area (Å²) in [5.74, 6) is -0.177. The van der Waals surface area contributed by atoms with Crippen molar-refractivity contribution in [2.45, 2.75) is 32.5 Å². The Balaban J connectivity index is 2.23. The lowest BCUT2D eigenvalue weighted by molar-refractivity contribution is -0.148. The van der Waals surface area contributed by atoms with Gasteiger partial charge in [-0.1, -0.05) is 0 Å². The number of carbonyl (C=O) groups is 1. The van der Waals surface area contributed by atoms with Gasteiger partial charge in [-0.05, 0) is 13.8 Å². The summed E-state index contributed by atoms with van der Waals surface area (Å²) in [6, 6.07) is 0. The van der Waals surface area contributed by atoms with Crippen LogP contribution >= 0.6 is 0 Å². The van der Waals surface area contributed by atoms with Crippen LogP contribution in [-0.2, 0) is 14.3 Å². The Labute approximate surface area is 78.6 Å². The van der Waals surface area contributed by atoms with Gasteiger partial charge in [-0.15, -0.1) is 0 Å². The van der Waals surface area contributed by atoms with Crippen LogP contribution in [0, 0.1) is 0 Å². The minimum atomic E-state index is -0.177. The summed E-state index contributed by atoms with van der Waals surface area (Å²) in [4.78, 5) is 11.1. The normalized spacial score (nSPS) is 28.5. The predicted octanol–water partition coefficient (Wildman–Crippen LogP) is 0.317. The fraction of sp³-hybridized carbons (Fsp3) is 0.889. The molecule has 4 nitrogen and oxygen atoms in total. The standard InChI is InChI=1S/C9H17NO3/c1-3-12-9(11)4-8-6-10-5-7(2)13-8/h7-8,10H,3-6H2,1-2H3. The summed E-state index contributed by atoms with van der Waals surface area (Å²) >= 11 is 0. The highest BCUT2D eigenvalue weighted by atomic mass is 16.5. The first-order valence-corrected chi connectivity index (χ1v) is 4.74. The summed E-state index contributed by atoms with van der Waals surface area (Å²) in [5.41, 5.74) is 0. The molecule has 1 fully saturated rings. The van der Waals surface area contributed by atoms with Crippen molar-refractivity contribution in [3.05, 3.63) is 0 Å². The molecule has 0 saturated carbocycles. The third-order valence-corrected chi connectivity index (χ3v) is 1.93. The van der Waals surface area contributed by atoms with Crippen LogP contribution in [0.1, 0.15) is 20.3 Å². The van der Waals surface area contributed by atoms with Crippen molar-refractivity contribution < 1.29 is 14.3 Å². The Hall–Kier alpha value is -0.610. The quantitative estimate of drug-likeness (QED) is 0.646. The molecule has 2 atom stereocenters. The van der Waals surface area contributed by atoms with Gasteiger partial charge < -0.3 is 14.8 Å². The van der Waals surface area contributed by atoms with Gasteiger partial charge in [-0.2, -0.15) is 0 Å². The van der Waals surface area contributed by atoms with Gasteiger partial charge in [0.2, 0.25) is 0 Å². The van der Waals surface area contributed by atoms with E-state index in [0.717, 1.165) is 13.1 Å². The second kappa shape index (κ2) is 5.19. The minimum Gasteiger partial charge on any atom is -0.466 e. The van der Waals surface area contributed by atoms with E-state index >= 15 is 0 Å². The highest BCUT2D eigenvalue weighted by molar-refractivity contribution is 5.69. The zero-order chi connectivity index (χ0) is 9.68. The molecule has 0 spiro atoms. The van der Waals surface area contributed by atoms with E-state index in [4.69, 9.17) is 9.47 Å². The van der Waals surface area contributed by atoms with Crippen LogP contribution in [0.4, 0.5) is 0 Å². The van der Waals surface area contributed by atoms with Crippen LogP contribution in [0.3, 0.4) is 0 Å². The molecule has 1 N–H and O–H groups in total. The molecular weight excluding hydrogens is 170 g/mol. The summed E-state index contributed by atoms with van der Waals surface area (Å²) in [7, 11) is 0. The molecule has 0 aromatic carbocycles. The van der Waals surface area contributed by atoms with Crippen molar-refractivity contribution in [3.8, 4) is 0 Å². The molecule has 0 aromatic heterocycles. The molecule has 1 heterocycles. The lowest BCUT2D eigenvalue weighted by Gasteiger charge is -2.27. The Morgan fingerprint density at radius 3 is 3.00 bits per heavy atom. The summed E-state index contributed by atoms with van der Waals surface area (Å²) < 4.78 is 10.4. The van der Waals surface area contributed by atoms with Crippen LogP contribution in [0.5, 0.6) is 0 Å². The molecule has 0 radical (unpaired) electrons. The summed E-state index contributed by atoms with van der Waals surface area (Å²) in [6.07, 6.45) is 0.515. The van der Waals surface area contributed by atoms with E-state index in [1.807, 2.05) is 6.92 Å². The van der Waals surface area contributed by atoms with Crippen molar-refractivity contribution in [1.29, 1.82) is 0 Å². The zero-order valence-electron chi connectivity index (χ0n) is 8.21. The Kier molecular flexibility index (Phi) is 4.18. The molecule has 0 aromatic rings. The fourth-order valence-corrected chi connectivity index (χ4v) is 1.40. The number of nitrogens with one attached hydrogen (secondary N) is 1. The predicted molar refractivity (Wildman–Crippen MR) is 48.5 cm³/mol. The molecule has 76 valence electrons. The second-order valence-corrected chi connectivity index (χ2v) is 3.24. The molecule has 1 saturated heterocycles. The number of morpholine rings is 1. The highest BCUT2D eigenvalue weighted by Crippen LogP contribution is 2.07. The van der Waals surface area contributed by atoms with Gasteiger partial charge in [0.05, 0.1) is 25.2 Å². The minimum absolute atomic E-state index is 0.0252. The van der Waals surface area contributed by atoms with Gasteiger partial charge in [-0.3, -0.25) is 4.79 Å². The average molecular weight is 187 g/mol. The fourth-order valence-electron chi connectivity index (χ4n) is 1.40. The third kappa shape index (κ3) is 3.74. The van der Waals surface area contributed by atoms with E-state index in [-0.39, 0.29) is 18.2 Å². The first-order valence-electron chi connectivity index (χ1n) is 4.74. The van der Waals surface area contributed by atoms with E-state index in [2.05, 4.69) is 5.32 Å². The summed E-state index contributed by atoms with van der Waals surface area (Å²) in [5, 5.41) is 3.20. The Morgan fingerprint density at radius 2 is 2.38 bits per heavy atom. The van der Waals surface area contributed by atoms with E-state index in [1.54, 1.807) is 6.92 Å². The summed E-state index contributed by atoms with van der Waals surface area (Å²) in [6.45, 7) is 5.84. The molecule has 0 aliphatic carbocycles. The maximum atomic E-state index is 11.1. The molecule has 1 aliphatic heterocycles. The van der Waals surface area contributed by atoms with Crippen molar-refractivity contribution in [2.75, 3.05) is 19.7 Å². The van der Waals surface area contributed by atoms with Crippen LogP contribution in [-0.4, -0.2) is 37.9 Å². The molecule has 0 amide bonds. The number of hydrogen-bond acceptors (Lipinski definition) is 4. The topological polar surface area (TPSA) is 47.6 Å². The van der Waals surface area contributed by atoms with Crippen molar-refractivity contribution in [3.63, 3.8) is 0 Å². The zero-order valence-corrected chi connectivity index (χ0v) is 8.21. The van der Waals surface area contributed by atoms with E-state index < -0.39 is 0 Å². The first kappa shape index (κ1) is 10.5. The molecule has 1 rings (SSSR count). The molecule has 1 aliphatic rings. The van der Waals surface area contributed by atoms with E-state index in [1.165, 1.54) is 0 Å². The maximum absolute atomic E-state index is 11.1. The maximum Gasteiger partial charge on any atom is 0.308 e. The van der Waals surface area contributed by atoms with Crippen LogP contribution in [0.2, 0.25) is 0 Å². The Bertz CT molecular complexity index is 172.